The summed E-state index contributed by atoms with van der Waals surface area (Å²) in [4.78, 5) is 24.5. The number of amides is 1. The zero-order valence-corrected chi connectivity index (χ0v) is 16.9. The minimum absolute atomic E-state index is 0.0393. The van der Waals surface area contributed by atoms with E-state index in [1.54, 1.807) is 0 Å². The topological polar surface area (TPSA) is 111 Å². The van der Waals surface area contributed by atoms with Gasteiger partial charge in [-0.1, -0.05) is 12.8 Å². The standard InChI is InChI=1S/C19H26N2O6S/c1-12(18(22)20-14-5-3-4-6-14)27-19(23)13-7-10-16(26-2)17(11-13)28(24,25)21-15-8-9-15/h7,10-12,14-15,21H,3-6,8-9H2,1-2H3,(H,20,22)/t12-/m1/s1. The molecule has 0 heterocycles. The molecule has 2 aliphatic rings. The molecule has 3 rings (SSSR count). The highest BCUT2D eigenvalue weighted by Gasteiger charge is 2.31. The Bertz CT molecular complexity index is 844. The predicted molar refractivity (Wildman–Crippen MR) is 102 cm³/mol. The molecule has 2 fully saturated rings. The fraction of sp³-hybridized carbons (Fsp3) is 0.579. The van der Waals surface area contributed by atoms with Crippen molar-refractivity contribution in [1.29, 1.82) is 0 Å². The van der Waals surface area contributed by atoms with E-state index in [4.69, 9.17) is 9.47 Å². The van der Waals surface area contributed by atoms with Crippen molar-refractivity contribution in [2.24, 2.45) is 0 Å². The van der Waals surface area contributed by atoms with Gasteiger partial charge in [-0.15, -0.1) is 0 Å². The van der Waals surface area contributed by atoms with Gasteiger partial charge in [0.05, 0.1) is 12.7 Å². The molecule has 1 atom stereocenters. The number of benzene rings is 1. The van der Waals surface area contributed by atoms with E-state index >= 15 is 0 Å². The molecule has 0 radical (unpaired) electrons. The van der Waals surface area contributed by atoms with E-state index < -0.39 is 22.1 Å². The Morgan fingerprint density at radius 3 is 2.39 bits per heavy atom. The molecule has 0 saturated heterocycles. The van der Waals surface area contributed by atoms with E-state index in [1.165, 1.54) is 32.2 Å². The van der Waals surface area contributed by atoms with Gasteiger partial charge < -0.3 is 14.8 Å². The summed E-state index contributed by atoms with van der Waals surface area (Å²) in [6.45, 7) is 1.50. The van der Waals surface area contributed by atoms with E-state index in [1.807, 2.05) is 0 Å². The third-order valence-corrected chi connectivity index (χ3v) is 6.48. The van der Waals surface area contributed by atoms with Gasteiger partial charge in [0.2, 0.25) is 10.0 Å². The van der Waals surface area contributed by atoms with Crippen molar-refractivity contribution in [2.75, 3.05) is 7.11 Å². The highest BCUT2D eigenvalue weighted by Crippen LogP contribution is 2.28. The Hall–Kier alpha value is -2.13. The van der Waals surface area contributed by atoms with Crippen molar-refractivity contribution in [3.8, 4) is 5.75 Å². The van der Waals surface area contributed by atoms with Gasteiger partial charge in [-0.05, 0) is 50.8 Å². The second-order valence-corrected chi connectivity index (χ2v) is 8.98. The average molecular weight is 410 g/mol. The van der Waals surface area contributed by atoms with Crippen LogP contribution in [0, 0.1) is 0 Å². The largest absolute Gasteiger partial charge is 0.495 e. The molecular weight excluding hydrogens is 384 g/mol. The fourth-order valence-electron chi connectivity index (χ4n) is 3.17. The molecule has 9 heteroatoms. The third kappa shape index (κ3) is 5.02. The maximum absolute atomic E-state index is 12.6. The molecule has 1 aromatic rings. The van der Waals surface area contributed by atoms with Gasteiger partial charge in [0.25, 0.3) is 5.91 Å². The van der Waals surface area contributed by atoms with Crippen molar-refractivity contribution in [3.63, 3.8) is 0 Å². The molecule has 0 aromatic heterocycles. The molecular formula is C19H26N2O6S. The monoisotopic (exact) mass is 410 g/mol. The van der Waals surface area contributed by atoms with Gasteiger partial charge in [-0.2, -0.15) is 0 Å². The van der Waals surface area contributed by atoms with Crippen LogP contribution in [0.2, 0.25) is 0 Å². The molecule has 2 N–H and O–H groups in total. The number of hydrogen-bond acceptors (Lipinski definition) is 6. The Labute approximate surface area is 165 Å². The molecule has 0 spiro atoms. The number of carbonyl (C=O) groups is 2. The number of ether oxygens (including phenoxy) is 2. The zero-order valence-electron chi connectivity index (χ0n) is 16.1. The summed E-state index contributed by atoms with van der Waals surface area (Å²) in [5, 5.41) is 2.88. The average Bonchev–Trinajstić information content (AvgIpc) is 3.31. The van der Waals surface area contributed by atoms with Gasteiger partial charge >= 0.3 is 5.97 Å². The van der Waals surface area contributed by atoms with Gasteiger partial charge in [-0.25, -0.2) is 17.9 Å². The summed E-state index contributed by atoms with van der Waals surface area (Å²) in [6.07, 6.45) is 4.63. The summed E-state index contributed by atoms with van der Waals surface area (Å²) in [5.41, 5.74) is 0.0393. The Morgan fingerprint density at radius 1 is 1.11 bits per heavy atom. The maximum atomic E-state index is 12.6. The van der Waals surface area contributed by atoms with Gasteiger partial charge in [-0.3, -0.25) is 4.79 Å². The second kappa shape index (κ2) is 8.48. The SMILES string of the molecule is COc1ccc(C(=O)O[C@H](C)C(=O)NC2CCCC2)cc1S(=O)(=O)NC1CC1. The molecule has 0 unspecified atom stereocenters. The van der Waals surface area contributed by atoms with E-state index in [0.29, 0.717) is 0 Å². The first-order valence-electron chi connectivity index (χ1n) is 9.52. The first-order valence-corrected chi connectivity index (χ1v) is 11.0. The van der Waals surface area contributed by atoms with Gasteiger partial charge in [0, 0.05) is 12.1 Å². The summed E-state index contributed by atoms with van der Waals surface area (Å²) in [5.74, 6) is -0.978. The van der Waals surface area contributed by atoms with Gasteiger partial charge in [0.1, 0.15) is 10.6 Å². The van der Waals surface area contributed by atoms with Crippen LogP contribution in [0.15, 0.2) is 23.1 Å². The number of nitrogens with one attached hydrogen (secondary N) is 2. The van der Waals surface area contributed by atoms with Crippen LogP contribution in [-0.4, -0.2) is 45.6 Å². The maximum Gasteiger partial charge on any atom is 0.338 e. The van der Waals surface area contributed by atoms with Crippen LogP contribution in [0.1, 0.15) is 55.8 Å². The molecule has 1 amide bonds. The summed E-state index contributed by atoms with van der Waals surface area (Å²) < 4.78 is 38.0. The van der Waals surface area contributed by atoms with Crippen molar-refractivity contribution in [1.82, 2.24) is 10.0 Å². The van der Waals surface area contributed by atoms with E-state index in [-0.39, 0.29) is 34.2 Å². The van der Waals surface area contributed by atoms with Crippen molar-refractivity contribution < 1.29 is 27.5 Å². The van der Waals surface area contributed by atoms with E-state index in [9.17, 15) is 18.0 Å². The van der Waals surface area contributed by atoms with Crippen LogP contribution < -0.4 is 14.8 Å². The van der Waals surface area contributed by atoms with E-state index in [2.05, 4.69) is 10.0 Å². The Morgan fingerprint density at radius 2 is 1.79 bits per heavy atom. The zero-order chi connectivity index (χ0) is 20.3. The Balaban J connectivity index is 1.70. The molecule has 8 nitrogen and oxygen atoms in total. The molecule has 2 aliphatic carbocycles. The second-order valence-electron chi connectivity index (χ2n) is 7.30. The minimum Gasteiger partial charge on any atom is -0.495 e. The van der Waals surface area contributed by atoms with Crippen LogP contribution in [-0.2, 0) is 19.6 Å². The quantitative estimate of drug-likeness (QED) is 0.632. The van der Waals surface area contributed by atoms with Crippen molar-refractivity contribution in [3.05, 3.63) is 23.8 Å². The van der Waals surface area contributed by atoms with Crippen LogP contribution in [0.3, 0.4) is 0 Å². The predicted octanol–water partition coefficient (Wildman–Crippen LogP) is 1.74. The highest BCUT2D eigenvalue weighted by atomic mass is 32.2. The fourth-order valence-corrected chi connectivity index (χ4v) is 4.67. The number of carbonyl (C=O) groups excluding carboxylic acids is 2. The molecule has 2 saturated carbocycles. The normalized spacial score (nSPS) is 18.5. The Kier molecular flexibility index (Phi) is 6.24. The summed E-state index contributed by atoms with van der Waals surface area (Å²) in [7, 11) is -2.46. The van der Waals surface area contributed by atoms with Crippen LogP contribution in [0.5, 0.6) is 5.75 Å². The summed E-state index contributed by atoms with van der Waals surface area (Å²) >= 11 is 0. The van der Waals surface area contributed by atoms with Crippen LogP contribution in [0.25, 0.3) is 0 Å². The first-order chi connectivity index (χ1) is 13.3. The number of sulfonamides is 1. The highest BCUT2D eigenvalue weighted by molar-refractivity contribution is 7.89. The smallest absolute Gasteiger partial charge is 0.338 e. The summed E-state index contributed by atoms with van der Waals surface area (Å²) in [6, 6.07) is 4.08. The third-order valence-electron chi connectivity index (χ3n) is 4.94. The van der Waals surface area contributed by atoms with Crippen molar-refractivity contribution in [2.45, 2.75) is 68.5 Å². The number of esters is 1. The minimum atomic E-state index is -3.82. The molecule has 0 aliphatic heterocycles. The number of rotatable bonds is 8. The molecule has 28 heavy (non-hydrogen) atoms. The van der Waals surface area contributed by atoms with Crippen LogP contribution >= 0.6 is 0 Å². The number of hydrogen-bond donors (Lipinski definition) is 2. The molecule has 0 bridgehead atoms. The van der Waals surface area contributed by atoms with E-state index in [0.717, 1.165) is 38.5 Å². The van der Waals surface area contributed by atoms with Crippen LogP contribution in [0.4, 0.5) is 0 Å². The number of methoxy groups -OCH3 is 1. The molecule has 1 aromatic carbocycles. The lowest BCUT2D eigenvalue weighted by Gasteiger charge is -2.17. The lowest BCUT2D eigenvalue weighted by molar-refractivity contribution is -0.129. The lowest BCUT2D eigenvalue weighted by atomic mass is 10.2. The first kappa shape index (κ1) is 20.6. The van der Waals surface area contributed by atoms with Crippen molar-refractivity contribution >= 4 is 21.9 Å². The lowest BCUT2D eigenvalue weighted by Crippen LogP contribution is -2.40. The molecule has 154 valence electrons. The van der Waals surface area contributed by atoms with Gasteiger partial charge in [0.15, 0.2) is 6.10 Å².